The smallest absolute Gasteiger partial charge is 0.220 e. The van der Waals surface area contributed by atoms with Crippen molar-refractivity contribution in [3.05, 3.63) is 29.8 Å². The van der Waals surface area contributed by atoms with E-state index < -0.39 is 0 Å². The first kappa shape index (κ1) is 17.3. The van der Waals surface area contributed by atoms with E-state index in [0.717, 1.165) is 18.6 Å². The molecule has 0 heterocycles. The molecule has 4 heteroatoms. The van der Waals surface area contributed by atoms with Crippen LogP contribution in [0.3, 0.4) is 0 Å². The van der Waals surface area contributed by atoms with Crippen LogP contribution in [0.5, 0.6) is 5.75 Å². The van der Waals surface area contributed by atoms with Crippen molar-refractivity contribution in [2.24, 2.45) is 17.6 Å². The number of benzene rings is 1. The summed E-state index contributed by atoms with van der Waals surface area (Å²) in [5, 5.41) is 3.35. The van der Waals surface area contributed by atoms with E-state index in [2.05, 4.69) is 12.2 Å². The van der Waals surface area contributed by atoms with Crippen molar-refractivity contribution in [3.8, 4) is 5.75 Å². The van der Waals surface area contributed by atoms with Crippen molar-refractivity contribution in [1.82, 2.24) is 5.32 Å². The fourth-order valence-electron chi connectivity index (χ4n) is 4.60. The quantitative estimate of drug-likeness (QED) is 0.871. The van der Waals surface area contributed by atoms with Crippen molar-refractivity contribution in [2.45, 2.75) is 63.5 Å². The minimum Gasteiger partial charge on any atom is -0.497 e. The van der Waals surface area contributed by atoms with Gasteiger partial charge in [-0.2, -0.15) is 0 Å². The summed E-state index contributed by atoms with van der Waals surface area (Å²) in [4.78, 5) is 12.6. The number of hydrogen-bond acceptors (Lipinski definition) is 3. The van der Waals surface area contributed by atoms with Gasteiger partial charge in [-0.3, -0.25) is 4.79 Å². The molecule has 3 N–H and O–H groups in total. The van der Waals surface area contributed by atoms with Crippen molar-refractivity contribution in [1.29, 1.82) is 0 Å². The van der Waals surface area contributed by atoms with Gasteiger partial charge in [-0.05, 0) is 61.1 Å². The highest BCUT2D eigenvalue weighted by molar-refractivity contribution is 5.77. The molecule has 0 spiro atoms. The molecule has 1 amide bonds. The van der Waals surface area contributed by atoms with Gasteiger partial charge in [0.15, 0.2) is 0 Å². The maximum absolute atomic E-state index is 12.6. The van der Waals surface area contributed by atoms with Gasteiger partial charge in [0.2, 0.25) is 5.91 Å². The Hall–Kier alpha value is -1.55. The van der Waals surface area contributed by atoms with Gasteiger partial charge in [-0.15, -0.1) is 0 Å². The standard InChI is InChI=1S/C20H30N2O2/c1-13(14-6-8-18(24-2)9-7-14)10-19(23)22-20-15-4-3-5-16(20)12-17(21)11-15/h6-9,13,15-17,20H,3-5,10-12,21H2,1-2H3,(H,22,23). The number of nitrogens with one attached hydrogen (secondary N) is 1. The second-order valence-electron chi connectivity index (χ2n) is 7.65. The lowest BCUT2D eigenvalue weighted by molar-refractivity contribution is -0.123. The van der Waals surface area contributed by atoms with Gasteiger partial charge in [-0.1, -0.05) is 25.5 Å². The monoisotopic (exact) mass is 330 g/mol. The number of rotatable bonds is 5. The molecule has 2 saturated carbocycles. The van der Waals surface area contributed by atoms with Crippen molar-refractivity contribution in [2.75, 3.05) is 7.11 Å². The second-order valence-corrected chi connectivity index (χ2v) is 7.65. The Labute approximate surface area is 145 Å². The predicted octanol–water partition coefficient (Wildman–Crippen LogP) is 3.21. The fraction of sp³-hybridized carbons (Fsp3) is 0.650. The largest absolute Gasteiger partial charge is 0.497 e. The number of nitrogens with two attached hydrogens (primary N) is 1. The highest BCUT2D eigenvalue weighted by atomic mass is 16.5. The third-order valence-electron chi connectivity index (χ3n) is 5.88. The van der Waals surface area contributed by atoms with Crippen LogP contribution in [0.2, 0.25) is 0 Å². The van der Waals surface area contributed by atoms with Crippen LogP contribution in [0.25, 0.3) is 0 Å². The number of amides is 1. The molecule has 3 unspecified atom stereocenters. The minimum atomic E-state index is 0.177. The Kier molecular flexibility index (Phi) is 5.44. The van der Waals surface area contributed by atoms with Gasteiger partial charge in [0.25, 0.3) is 0 Å². The molecule has 0 saturated heterocycles. The molecule has 1 aromatic carbocycles. The normalized spacial score (nSPS) is 30.5. The number of fused-ring (bicyclic) bond motifs is 2. The van der Waals surface area contributed by atoms with Gasteiger partial charge in [0.05, 0.1) is 7.11 Å². The zero-order valence-corrected chi connectivity index (χ0v) is 14.8. The number of carbonyl (C=O) groups excluding carboxylic acids is 1. The maximum atomic E-state index is 12.6. The van der Waals surface area contributed by atoms with Crippen LogP contribution in [0.15, 0.2) is 24.3 Å². The van der Waals surface area contributed by atoms with E-state index in [1.54, 1.807) is 7.11 Å². The van der Waals surface area contributed by atoms with Crippen LogP contribution in [0, 0.1) is 11.8 Å². The molecule has 3 atom stereocenters. The molecule has 4 nitrogen and oxygen atoms in total. The minimum absolute atomic E-state index is 0.177. The number of hydrogen-bond donors (Lipinski definition) is 2. The lowest BCUT2D eigenvalue weighted by Gasteiger charge is -2.45. The average molecular weight is 330 g/mol. The Balaban J connectivity index is 1.56. The van der Waals surface area contributed by atoms with E-state index >= 15 is 0 Å². The molecule has 2 aliphatic carbocycles. The number of methoxy groups -OCH3 is 1. The van der Waals surface area contributed by atoms with Crippen LogP contribution < -0.4 is 15.8 Å². The van der Waals surface area contributed by atoms with Crippen LogP contribution in [-0.4, -0.2) is 25.1 Å². The Morgan fingerprint density at radius 1 is 1.25 bits per heavy atom. The van der Waals surface area contributed by atoms with Gasteiger partial charge < -0.3 is 15.8 Å². The average Bonchev–Trinajstić information content (AvgIpc) is 2.55. The van der Waals surface area contributed by atoms with Crippen molar-refractivity contribution < 1.29 is 9.53 Å². The Morgan fingerprint density at radius 2 is 1.88 bits per heavy atom. The summed E-state index contributed by atoms with van der Waals surface area (Å²) < 4.78 is 5.19. The van der Waals surface area contributed by atoms with Crippen molar-refractivity contribution >= 4 is 5.91 Å². The second kappa shape index (κ2) is 7.56. The summed E-state index contributed by atoms with van der Waals surface area (Å²) in [7, 11) is 1.67. The van der Waals surface area contributed by atoms with Crippen LogP contribution in [0.1, 0.15) is 56.9 Å². The van der Waals surface area contributed by atoms with Gasteiger partial charge >= 0.3 is 0 Å². The summed E-state index contributed by atoms with van der Waals surface area (Å²) in [6, 6.07) is 8.67. The first-order valence-corrected chi connectivity index (χ1v) is 9.25. The third kappa shape index (κ3) is 3.92. The first-order chi connectivity index (χ1) is 11.6. The summed E-state index contributed by atoms with van der Waals surface area (Å²) in [6.07, 6.45) is 6.38. The molecule has 24 heavy (non-hydrogen) atoms. The molecule has 0 aliphatic heterocycles. The van der Waals surface area contributed by atoms with Crippen LogP contribution >= 0.6 is 0 Å². The third-order valence-corrected chi connectivity index (χ3v) is 5.88. The zero-order valence-electron chi connectivity index (χ0n) is 14.8. The molecule has 0 radical (unpaired) electrons. The Morgan fingerprint density at radius 3 is 2.46 bits per heavy atom. The van der Waals surface area contributed by atoms with E-state index in [1.807, 2.05) is 24.3 Å². The molecular formula is C20H30N2O2. The summed E-state index contributed by atoms with van der Waals surface area (Å²) in [6.45, 7) is 2.11. The number of ether oxygens (including phenoxy) is 1. The van der Waals surface area contributed by atoms with E-state index in [1.165, 1.54) is 24.8 Å². The molecule has 2 aliphatic rings. The van der Waals surface area contributed by atoms with Crippen LogP contribution in [-0.2, 0) is 4.79 Å². The molecule has 3 rings (SSSR count). The molecule has 1 aromatic rings. The molecule has 0 aromatic heterocycles. The summed E-state index contributed by atoms with van der Waals surface area (Å²) in [5.74, 6) is 2.39. The van der Waals surface area contributed by atoms with E-state index in [0.29, 0.717) is 30.3 Å². The van der Waals surface area contributed by atoms with Gasteiger partial charge in [-0.25, -0.2) is 0 Å². The Bertz CT molecular complexity index is 543. The lowest BCUT2D eigenvalue weighted by atomic mass is 9.67. The summed E-state index contributed by atoms with van der Waals surface area (Å²) >= 11 is 0. The predicted molar refractivity (Wildman–Crippen MR) is 96.0 cm³/mol. The van der Waals surface area contributed by atoms with Crippen LogP contribution in [0.4, 0.5) is 0 Å². The molecular weight excluding hydrogens is 300 g/mol. The molecule has 132 valence electrons. The van der Waals surface area contributed by atoms with Gasteiger partial charge in [0.1, 0.15) is 5.75 Å². The SMILES string of the molecule is COc1ccc(C(C)CC(=O)NC2C3CCCC2CC(N)C3)cc1. The number of carbonyl (C=O) groups is 1. The van der Waals surface area contributed by atoms with E-state index in [9.17, 15) is 4.79 Å². The molecule has 2 bridgehead atoms. The highest BCUT2D eigenvalue weighted by Gasteiger charge is 2.39. The van der Waals surface area contributed by atoms with Crippen molar-refractivity contribution in [3.63, 3.8) is 0 Å². The zero-order chi connectivity index (χ0) is 17.1. The fourth-order valence-corrected chi connectivity index (χ4v) is 4.60. The maximum Gasteiger partial charge on any atom is 0.220 e. The lowest BCUT2D eigenvalue weighted by Crippen LogP contribution is -2.53. The van der Waals surface area contributed by atoms with Gasteiger partial charge in [0, 0.05) is 18.5 Å². The summed E-state index contributed by atoms with van der Waals surface area (Å²) in [5.41, 5.74) is 7.35. The first-order valence-electron chi connectivity index (χ1n) is 9.25. The topological polar surface area (TPSA) is 64.3 Å². The van der Waals surface area contributed by atoms with E-state index in [-0.39, 0.29) is 11.8 Å². The molecule has 2 fully saturated rings. The highest BCUT2D eigenvalue weighted by Crippen LogP contribution is 2.39. The van der Waals surface area contributed by atoms with E-state index in [4.69, 9.17) is 10.5 Å².